The molecule has 1 N–H and O–H groups in total. The number of thioether (sulfide) groups is 2. The van der Waals surface area contributed by atoms with Gasteiger partial charge in [-0.25, -0.2) is 15.4 Å². The standard InChI is InChI=1S/C20H25Cl2N5OS2/c1-3-29-20-24-15(2)12-19(25-20)30-14-18(28)26-23-13-16-4-6-17(7-5-16)27(10-8-21)11-9-22/h4-7,12-13H,3,8-11,14H2,1-2H3,(H,26,28)/b23-13+. The number of hydrazone groups is 1. The van der Waals surface area contributed by atoms with Crippen molar-refractivity contribution >= 4 is 64.5 Å². The van der Waals surface area contributed by atoms with Gasteiger partial charge in [-0.2, -0.15) is 5.10 Å². The quantitative estimate of drug-likeness (QED) is 0.120. The summed E-state index contributed by atoms with van der Waals surface area (Å²) in [5.41, 5.74) is 5.38. The first-order chi connectivity index (χ1) is 14.5. The van der Waals surface area contributed by atoms with E-state index in [2.05, 4.69) is 32.3 Å². The van der Waals surface area contributed by atoms with Gasteiger partial charge >= 0.3 is 0 Å². The smallest absolute Gasteiger partial charge is 0.250 e. The van der Waals surface area contributed by atoms with Crippen LogP contribution in [0.4, 0.5) is 5.69 Å². The number of carbonyl (C=O) groups excluding carboxylic acids is 1. The number of rotatable bonds is 12. The molecule has 1 aromatic heterocycles. The lowest BCUT2D eigenvalue weighted by molar-refractivity contribution is -0.118. The van der Waals surface area contributed by atoms with Gasteiger partial charge in [0, 0.05) is 36.2 Å². The molecule has 0 aliphatic rings. The van der Waals surface area contributed by atoms with Gasteiger partial charge in [0.05, 0.1) is 12.0 Å². The second-order valence-electron chi connectivity index (χ2n) is 6.10. The molecule has 0 spiro atoms. The predicted molar refractivity (Wildman–Crippen MR) is 130 cm³/mol. The zero-order chi connectivity index (χ0) is 21.8. The lowest BCUT2D eigenvalue weighted by Gasteiger charge is -2.22. The minimum absolute atomic E-state index is 0.191. The van der Waals surface area contributed by atoms with Gasteiger partial charge in [-0.05, 0) is 36.4 Å². The van der Waals surface area contributed by atoms with Crippen LogP contribution >= 0.6 is 46.7 Å². The molecule has 2 rings (SSSR count). The number of carbonyl (C=O) groups is 1. The van der Waals surface area contributed by atoms with Crippen molar-refractivity contribution in [2.24, 2.45) is 5.10 Å². The summed E-state index contributed by atoms with van der Waals surface area (Å²) in [5, 5.41) is 5.55. The molecule has 30 heavy (non-hydrogen) atoms. The third-order valence-electron chi connectivity index (χ3n) is 3.80. The van der Waals surface area contributed by atoms with Gasteiger partial charge in [0.2, 0.25) is 5.91 Å². The first-order valence-electron chi connectivity index (χ1n) is 9.45. The minimum Gasteiger partial charge on any atom is -0.369 e. The average Bonchev–Trinajstić information content (AvgIpc) is 2.72. The van der Waals surface area contributed by atoms with Crippen molar-refractivity contribution in [3.63, 3.8) is 0 Å². The van der Waals surface area contributed by atoms with Crippen LogP contribution in [0.2, 0.25) is 0 Å². The molecule has 1 aromatic carbocycles. The molecular weight excluding hydrogens is 461 g/mol. The molecule has 0 saturated carbocycles. The number of halogens is 2. The Balaban J connectivity index is 1.84. The van der Waals surface area contributed by atoms with Crippen molar-refractivity contribution in [2.75, 3.05) is 41.3 Å². The molecule has 0 aliphatic carbocycles. The minimum atomic E-state index is -0.191. The van der Waals surface area contributed by atoms with Gasteiger partial charge in [0.15, 0.2) is 5.16 Å². The molecule has 0 fully saturated rings. The van der Waals surface area contributed by atoms with E-state index in [1.807, 2.05) is 37.3 Å². The number of aromatic nitrogens is 2. The van der Waals surface area contributed by atoms with Crippen molar-refractivity contribution in [3.8, 4) is 0 Å². The molecule has 10 heteroatoms. The second-order valence-corrected chi connectivity index (χ2v) is 9.08. The zero-order valence-corrected chi connectivity index (χ0v) is 20.1. The monoisotopic (exact) mass is 485 g/mol. The highest BCUT2D eigenvalue weighted by atomic mass is 35.5. The van der Waals surface area contributed by atoms with Crippen molar-refractivity contribution in [3.05, 3.63) is 41.6 Å². The van der Waals surface area contributed by atoms with Crippen LogP contribution in [-0.2, 0) is 4.79 Å². The second kappa shape index (κ2) is 13.7. The van der Waals surface area contributed by atoms with E-state index in [1.54, 1.807) is 18.0 Å². The third kappa shape index (κ3) is 8.71. The van der Waals surface area contributed by atoms with E-state index in [0.29, 0.717) is 11.8 Å². The molecular formula is C20H25Cl2N5OS2. The lowest BCUT2D eigenvalue weighted by Crippen LogP contribution is -2.27. The van der Waals surface area contributed by atoms with E-state index in [1.165, 1.54) is 11.8 Å². The SMILES string of the molecule is CCSc1nc(C)cc(SCC(=O)N/N=C/c2ccc(N(CCCl)CCCl)cc2)n1. The maximum atomic E-state index is 12.1. The van der Waals surface area contributed by atoms with E-state index in [-0.39, 0.29) is 11.7 Å². The topological polar surface area (TPSA) is 70.5 Å². The van der Waals surface area contributed by atoms with E-state index in [9.17, 15) is 4.79 Å². The number of amides is 1. The summed E-state index contributed by atoms with van der Waals surface area (Å²) in [5.74, 6) is 2.02. The van der Waals surface area contributed by atoms with Crippen LogP contribution in [0.1, 0.15) is 18.2 Å². The van der Waals surface area contributed by atoms with Crippen molar-refractivity contribution in [1.82, 2.24) is 15.4 Å². The zero-order valence-electron chi connectivity index (χ0n) is 17.0. The van der Waals surface area contributed by atoms with Crippen LogP contribution in [0.3, 0.4) is 0 Å². The van der Waals surface area contributed by atoms with Crippen LogP contribution in [-0.4, -0.2) is 58.4 Å². The van der Waals surface area contributed by atoms with Crippen LogP contribution in [0, 0.1) is 6.92 Å². The average molecular weight is 486 g/mol. The summed E-state index contributed by atoms with van der Waals surface area (Å²) >= 11 is 14.6. The molecule has 1 heterocycles. The number of hydrogen-bond acceptors (Lipinski definition) is 7. The molecule has 0 aliphatic heterocycles. The summed E-state index contributed by atoms with van der Waals surface area (Å²) in [6.07, 6.45) is 1.62. The number of anilines is 1. The summed E-state index contributed by atoms with van der Waals surface area (Å²) < 4.78 is 0. The Morgan fingerprint density at radius 1 is 1.17 bits per heavy atom. The van der Waals surface area contributed by atoms with Gasteiger partial charge in [0.1, 0.15) is 5.03 Å². The molecule has 162 valence electrons. The summed E-state index contributed by atoms with van der Waals surface area (Å²) in [7, 11) is 0. The van der Waals surface area contributed by atoms with Crippen LogP contribution in [0.25, 0.3) is 0 Å². The highest BCUT2D eigenvalue weighted by molar-refractivity contribution is 8.00. The number of benzene rings is 1. The Kier molecular flexibility index (Phi) is 11.4. The Labute approximate surface area is 196 Å². The number of hydrogen-bond donors (Lipinski definition) is 1. The maximum Gasteiger partial charge on any atom is 0.250 e. The molecule has 2 aromatic rings. The van der Waals surface area contributed by atoms with Gasteiger partial charge < -0.3 is 4.90 Å². The van der Waals surface area contributed by atoms with Crippen LogP contribution < -0.4 is 10.3 Å². The van der Waals surface area contributed by atoms with Crippen LogP contribution in [0.5, 0.6) is 0 Å². The number of nitrogens with one attached hydrogen (secondary N) is 1. The van der Waals surface area contributed by atoms with Gasteiger partial charge in [-0.1, -0.05) is 42.6 Å². The largest absolute Gasteiger partial charge is 0.369 e. The first-order valence-corrected chi connectivity index (χ1v) is 12.5. The Morgan fingerprint density at radius 2 is 1.87 bits per heavy atom. The number of alkyl halides is 2. The van der Waals surface area contributed by atoms with E-state index >= 15 is 0 Å². The van der Waals surface area contributed by atoms with Crippen molar-refractivity contribution in [1.29, 1.82) is 0 Å². The maximum absolute atomic E-state index is 12.1. The molecule has 0 atom stereocenters. The number of aryl methyl sites for hydroxylation is 1. The fourth-order valence-electron chi connectivity index (χ4n) is 2.48. The molecule has 0 radical (unpaired) electrons. The Morgan fingerprint density at radius 3 is 2.50 bits per heavy atom. The van der Waals surface area contributed by atoms with Crippen molar-refractivity contribution < 1.29 is 4.79 Å². The Bertz CT molecular complexity index is 830. The molecule has 6 nitrogen and oxygen atoms in total. The van der Waals surface area contributed by atoms with Crippen LogP contribution in [0.15, 0.2) is 45.6 Å². The van der Waals surface area contributed by atoms with Crippen molar-refractivity contribution in [2.45, 2.75) is 24.0 Å². The normalized spacial score (nSPS) is 11.1. The summed E-state index contributed by atoms with van der Waals surface area (Å²) in [4.78, 5) is 23.0. The Hall–Kier alpha value is -1.48. The fraction of sp³-hybridized carbons (Fsp3) is 0.400. The molecule has 0 saturated heterocycles. The van der Waals surface area contributed by atoms with E-state index in [0.717, 1.165) is 46.0 Å². The van der Waals surface area contributed by atoms with E-state index < -0.39 is 0 Å². The van der Waals surface area contributed by atoms with E-state index in [4.69, 9.17) is 23.2 Å². The first kappa shape index (κ1) is 24.8. The fourth-order valence-corrected chi connectivity index (χ4v) is 4.32. The van der Waals surface area contributed by atoms with Gasteiger partial charge in [-0.3, -0.25) is 4.79 Å². The summed E-state index contributed by atoms with van der Waals surface area (Å²) in [6, 6.07) is 9.72. The summed E-state index contributed by atoms with van der Waals surface area (Å²) in [6.45, 7) is 5.45. The predicted octanol–water partition coefficient (Wildman–Crippen LogP) is 4.42. The molecule has 1 amide bonds. The van der Waals surface area contributed by atoms with Gasteiger partial charge in [-0.15, -0.1) is 23.2 Å². The lowest BCUT2D eigenvalue weighted by atomic mass is 10.2. The highest BCUT2D eigenvalue weighted by Crippen LogP contribution is 2.20. The van der Waals surface area contributed by atoms with Gasteiger partial charge in [0.25, 0.3) is 0 Å². The highest BCUT2D eigenvalue weighted by Gasteiger charge is 2.07. The third-order valence-corrected chi connectivity index (χ3v) is 5.78. The molecule has 0 unspecified atom stereocenters. The molecule has 0 bridgehead atoms. The number of nitrogens with zero attached hydrogens (tertiary/aromatic N) is 4.